The Balaban J connectivity index is 1.98. The Morgan fingerprint density at radius 1 is 1.42 bits per heavy atom. The van der Waals surface area contributed by atoms with E-state index >= 15 is 0 Å². The maximum atomic E-state index is 11.8. The predicted molar refractivity (Wildman–Crippen MR) is 70.7 cm³/mol. The molecule has 0 saturated carbocycles. The van der Waals surface area contributed by atoms with E-state index in [1.807, 2.05) is 6.92 Å². The molecule has 1 aromatic heterocycles. The standard InChI is InChI=1S/C12H13ClN4O2/c1-8-5-10(3-4-11(8)13)19-9(2)12(18)16-17-6-14-15-7-17/h3-7,9H,1-2H3,(H,16,18)/t9-/m0/s1. The Bertz CT molecular complexity index is 571. The summed E-state index contributed by atoms with van der Waals surface area (Å²) in [5, 5.41) is 7.83. The summed E-state index contributed by atoms with van der Waals surface area (Å²) in [6.45, 7) is 3.53. The highest BCUT2D eigenvalue weighted by atomic mass is 35.5. The monoisotopic (exact) mass is 280 g/mol. The van der Waals surface area contributed by atoms with Gasteiger partial charge in [0.25, 0.3) is 5.91 Å². The molecule has 6 nitrogen and oxygen atoms in total. The average molecular weight is 281 g/mol. The number of aromatic nitrogens is 3. The Labute approximate surface area is 115 Å². The number of nitrogens with zero attached hydrogens (tertiary/aromatic N) is 3. The largest absolute Gasteiger partial charge is 0.481 e. The van der Waals surface area contributed by atoms with Crippen molar-refractivity contribution in [3.63, 3.8) is 0 Å². The molecule has 1 amide bonds. The molecule has 2 rings (SSSR count). The zero-order chi connectivity index (χ0) is 13.8. The number of rotatable bonds is 4. The lowest BCUT2D eigenvalue weighted by Gasteiger charge is -2.15. The van der Waals surface area contributed by atoms with E-state index in [1.54, 1.807) is 25.1 Å². The molecule has 0 unspecified atom stereocenters. The van der Waals surface area contributed by atoms with E-state index in [-0.39, 0.29) is 5.91 Å². The molecule has 0 bridgehead atoms. The summed E-state index contributed by atoms with van der Waals surface area (Å²) in [6, 6.07) is 5.24. The summed E-state index contributed by atoms with van der Waals surface area (Å²) in [5.41, 5.74) is 3.46. The van der Waals surface area contributed by atoms with E-state index in [1.165, 1.54) is 17.3 Å². The zero-order valence-electron chi connectivity index (χ0n) is 10.5. The molecule has 1 atom stereocenters. The molecular formula is C12H13ClN4O2. The first-order valence-corrected chi connectivity index (χ1v) is 6.02. The molecule has 0 aliphatic carbocycles. The number of hydrogen-bond donors (Lipinski definition) is 1. The van der Waals surface area contributed by atoms with E-state index in [4.69, 9.17) is 16.3 Å². The number of carbonyl (C=O) groups is 1. The lowest BCUT2D eigenvalue weighted by atomic mass is 10.2. The summed E-state index contributed by atoms with van der Waals surface area (Å²) in [7, 11) is 0. The summed E-state index contributed by atoms with van der Waals surface area (Å²) in [5.74, 6) is 0.292. The van der Waals surface area contributed by atoms with Gasteiger partial charge in [-0.2, -0.15) is 0 Å². The van der Waals surface area contributed by atoms with Crippen molar-refractivity contribution in [2.45, 2.75) is 20.0 Å². The third-order valence-electron chi connectivity index (χ3n) is 2.47. The van der Waals surface area contributed by atoms with Gasteiger partial charge < -0.3 is 4.74 Å². The topological polar surface area (TPSA) is 69.0 Å². The van der Waals surface area contributed by atoms with E-state index in [9.17, 15) is 4.79 Å². The van der Waals surface area contributed by atoms with Gasteiger partial charge in [0, 0.05) is 5.02 Å². The first kappa shape index (κ1) is 13.4. The molecule has 0 saturated heterocycles. The molecule has 1 N–H and O–H groups in total. The van der Waals surface area contributed by atoms with Crippen molar-refractivity contribution in [3.8, 4) is 5.75 Å². The fraction of sp³-hybridized carbons (Fsp3) is 0.250. The number of amides is 1. The van der Waals surface area contributed by atoms with Crippen LogP contribution in [-0.2, 0) is 4.79 Å². The van der Waals surface area contributed by atoms with Crippen molar-refractivity contribution >= 4 is 17.5 Å². The lowest BCUT2D eigenvalue weighted by Crippen LogP contribution is -2.34. The normalized spacial score (nSPS) is 11.9. The number of halogens is 1. The van der Waals surface area contributed by atoms with E-state index in [0.717, 1.165) is 5.56 Å². The number of hydrogen-bond acceptors (Lipinski definition) is 4. The van der Waals surface area contributed by atoms with Crippen LogP contribution in [0.3, 0.4) is 0 Å². The smallest absolute Gasteiger partial charge is 0.279 e. The van der Waals surface area contributed by atoms with Gasteiger partial charge in [0.2, 0.25) is 0 Å². The first-order chi connectivity index (χ1) is 9.06. The van der Waals surface area contributed by atoms with Crippen LogP contribution in [0.2, 0.25) is 5.02 Å². The van der Waals surface area contributed by atoms with Gasteiger partial charge in [-0.15, -0.1) is 10.2 Å². The Hall–Kier alpha value is -2.08. The molecule has 0 spiro atoms. The van der Waals surface area contributed by atoms with Crippen molar-refractivity contribution in [1.82, 2.24) is 14.9 Å². The first-order valence-electron chi connectivity index (χ1n) is 5.64. The van der Waals surface area contributed by atoms with Crippen LogP contribution in [0.15, 0.2) is 30.9 Å². The summed E-state index contributed by atoms with van der Waals surface area (Å²) < 4.78 is 6.89. The van der Waals surface area contributed by atoms with Gasteiger partial charge in [-0.1, -0.05) is 11.6 Å². The molecule has 2 aromatic rings. The van der Waals surface area contributed by atoms with E-state index in [2.05, 4.69) is 15.6 Å². The molecule has 1 aromatic carbocycles. The number of ether oxygens (including phenoxy) is 1. The highest BCUT2D eigenvalue weighted by molar-refractivity contribution is 6.31. The van der Waals surface area contributed by atoms with Crippen LogP contribution in [0.1, 0.15) is 12.5 Å². The van der Waals surface area contributed by atoms with Crippen LogP contribution in [0, 0.1) is 6.92 Å². The zero-order valence-corrected chi connectivity index (χ0v) is 11.3. The summed E-state index contributed by atoms with van der Waals surface area (Å²) >= 11 is 5.92. The maximum absolute atomic E-state index is 11.8. The number of nitrogens with one attached hydrogen (secondary N) is 1. The molecule has 19 heavy (non-hydrogen) atoms. The van der Waals surface area contributed by atoms with Gasteiger partial charge in [-0.05, 0) is 37.6 Å². The van der Waals surface area contributed by atoms with Gasteiger partial charge in [0.15, 0.2) is 6.10 Å². The molecule has 0 radical (unpaired) electrons. The SMILES string of the molecule is Cc1cc(O[C@@H](C)C(=O)Nn2cnnc2)ccc1Cl. The number of benzene rings is 1. The minimum absolute atomic E-state index is 0.299. The highest BCUT2D eigenvalue weighted by Crippen LogP contribution is 2.21. The molecule has 0 aliphatic heterocycles. The van der Waals surface area contributed by atoms with Gasteiger partial charge in [-0.3, -0.25) is 10.2 Å². The molecule has 0 fully saturated rings. The van der Waals surface area contributed by atoms with Gasteiger partial charge in [0.05, 0.1) is 0 Å². The van der Waals surface area contributed by atoms with Gasteiger partial charge in [0.1, 0.15) is 18.4 Å². The van der Waals surface area contributed by atoms with Crippen LogP contribution >= 0.6 is 11.6 Å². The van der Waals surface area contributed by atoms with Crippen molar-refractivity contribution in [1.29, 1.82) is 0 Å². The second-order valence-electron chi connectivity index (χ2n) is 4.02. The molecule has 100 valence electrons. The van der Waals surface area contributed by atoms with Gasteiger partial charge >= 0.3 is 0 Å². The Kier molecular flexibility index (Phi) is 4.01. The van der Waals surface area contributed by atoms with Crippen LogP contribution in [-0.4, -0.2) is 26.9 Å². The van der Waals surface area contributed by atoms with Crippen molar-refractivity contribution in [3.05, 3.63) is 41.4 Å². The van der Waals surface area contributed by atoms with Crippen LogP contribution in [0.25, 0.3) is 0 Å². The number of aryl methyl sites for hydroxylation is 1. The molecule has 1 heterocycles. The van der Waals surface area contributed by atoms with Crippen molar-refractivity contribution in [2.24, 2.45) is 0 Å². The predicted octanol–water partition coefficient (Wildman–Crippen LogP) is 1.78. The van der Waals surface area contributed by atoms with Crippen molar-refractivity contribution < 1.29 is 9.53 Å². The van der Waals surface area contributed by atoms with E-state index < -0.39 is 6.10 Å². The molecule has 0 aliphatic rings. The van der Waals surface area contributed by atoms with E-state index in [0.29, 0.717) is 10.8 Å². The Morgan fingerprint density at radius 2 is 2.11 bits per heavy atom. The quantitative estimate of drug-likeness (QED) is 0.927. The lowest BCUT2D eigenvalue weighted by molar-refractivity contribution is -0.123. The third kappa shape index (κ3) is 3.45. The average Bonchev–Trinajstić information content (AvgIpc) is 2.86. The Morgan fingerprint density at radius 3 is 2.74 bits per heavy atom. The fourth-order valence-corrected chi connectivity index (χ4v) is 1.54. The van der Waals surface area contributed by atoms with Crippen LogP contribution in [0.5, 0.6) is 5.75 Å². The number of carbonyl (C=O) groups excluding carboxylic acids is 1. The summed E-state index contributed by atoms with van der Waals surface area (Å²) in [6.07, 6.45) is 2.12. The minimum atomic E-state index is -0.650. The second-order valence-corrected chi connectivity index (χ2v) is 4.42. The van der Waals surface area contributed by atoms with Crippen LogP contribution in [0.4, 0.5) is 0 Å². The fourth-order valence-electron chi connectivity index (χ4n) is 1.42. The third-order valence-corrected chi connectivity index (χ3v) is 2.89. The molecule has 7 heteroatoms. The summed E-state index contributed by atoms with van der Waals surface area (Å²) in [4.78, 5) is 11.8. The maximum Gasteiger partial charge on any atom is 0.279 e. The highest BCUT2D eigenvalue weighted by Gasteiger charge is 2.15. The van der Waals surface area contributed by atoms with Crippen LogP contribution < -0.4 is 10.2 Å². The minimum Gasteiger partial charge on any atom is -0.481 e. The van der Waals surface area contributed by atoms with Gasteiger partial charge in [-0.25, -0.2) is 4.68 Å². The van der Waals surface area contributed by atoms with Crippen molar-refractivity contribution in [2.75, 3.05) is 5.43 Å². The molecular weight excluding hydrogens is 268 g/mol. The second kappa shape index (κ2) is 5.71.